The van der Waals surface area contributed by atoms with Gasteiger partial charge in [-0.15, -0.1) is 0 Å². The second-order valence-electron chi connectivity index (χ2n) is 5.40. The molecule has 5 heteroatoms. The number of aryl methyl sites for hydroxylation is 2. The number of carbonyl (C=O) groups excluding carboxylic acids is 2. The smallest absolute Gasteiger partial charge is 0.258 e. The summed E-state index contributed by atoms with van der Waals surface area (Å²) in [5, 5.41) is 2.77. The molecule has 0 fully saturated rings. The van der Waals surface area contributed by atoms with E-state index in [1.165, 1.54) is 0 Å². The Morgan fingerprint density at radius 1 is 1.09 bits per heavy atom. The van der Waals surface area contributed by atoms with Crippen LogP contribution in [0.2, 0.25) is 0 Å². The molecule has 2 amide bonds. The molecule has 0 saturated heterocycles. The van der Waals surface area contributed by atoms with Gasteiger partial charge in [0, 0.05) is 12.1 Å². The molecule has 120 valence electrons. The summed E-state index contributed by atoms with van der Waals surface area (Å²) in [6, 6.07) is 12.6. The molecular formula is C18H20N2O3. The number of rotatable bonds is 6. The van der Waals surface area contributed by atoms with Crippen molar-refractivity contribution in [3.05, 3.63) is 64.7 Å². The Kier molecular flexibility index (Phi) is 5.36. The molecule has 0 aliphatic carbocycles. The van der Waals surface area contributed by atoms with Gasteiger partial charge in [0.05, 0.1) is 0 Å². The summed E-state index contributed by atoms with van der Waals surface area (Å²) in [7, 11) is 0. The van der Waals surface area contributed by atoms with Crippen LogP contribution < -0.4 is 15.8 Å². The molecule has 2 aromatic carbocycles. The Bertz CT molecular complexity index is 709. The predicted octanol–water partition coefficient (Wildman–Crippen LogP) is 2.10. The lowest BCUT2D eigenvalue weighted by molar-refractivity contribution is -0.123. The second-order valence-corrected chi connectivity index (χ2v) is 5.40. The Morgan fingerprint density at radius 2 is 1.78 bits per heavy atom. The molecule has 0 aliphatic heterocycles. The van der Waals surface area contributed by atoms with Gasteiger partial charge >= 0.3 is 0 Å². The Labute approximate surface area is 135 Å². The number of hydrogen-bond donors (Lipinski definition) is 2. The fourth-order valence-corrected chi connectivity index (χ4v) is 2.14. The van der Waals surface area contributed by atoms with Gasteiger partial charge in [0.25, 0.3) is 5.91 Å². The first-order valence-electron chi connectivity index (χ1n) is 7.31. The summed E-state index contributed by atoms with van der Waals surface area (Å²) >= 11 is 0. The Morgan fingerprint density at radius 3 is 2.39 bits per heavy atom. The van der Waals surface area contributed by atoms with Gasteiger partial charge in [-0.05, 0) is 43.2 Å². The Balaban J connectivity index is 1.82. The SMILES string of the molecule is Cc1ccc(OCC(=O)NCc2ccc(C(N)=O)cc2)c(C)c1. The van der Waals surface area contributed by atoms with Gasteiger partial charge in [-0.3, -0.25) is 9.59 Å². The number of benzene rings is 2. The van der Waals surface area contributed by atoms with Crippen molar-refractivity contribution in [1.82, 2.24) is 5.32 Å². The molecular weight excluding hydrogens is 292 g/mol. The van der Waals surface area contributed by atoms with Crippen LogP contribution >= 0.6 is 0 Å². The summed E-state index contributed by atoms with van der Waals surface area (Å²) in [5.74, 6) is 0.0305. The third kappa shape index (κ3) is 4.85. The number of ether oxygens (including phenoxy) is 1. The van der Waals surface area contributed by atoms with Crippen LogP contribution in [-0.2, 0) is 11.3 Å². The van der Waals surface area contributed by atoms with Crippen molar-refractivity contribution in [3.63, 3.8) is 0 Å². The first kappa shape index (κ1) is 16.5. The number of nitrogens with two attached hydrogens (primary N) is 1. The van der Waals surface area contributed by atoms with Gasteiger partial charge in [-0.2, -0.15) is 0 Å². The van der Waals surface area contributed by atoms with Gasteiger partial charge < -0.3 is 15.8 Å². The largest absolute Gasteiger partial charge is 0.484 e. The molecule has 0 aliphatic rings. The lowest BCUT2D eigenvalue weighted by Crippen LogP contribution is -2.28. The maximum atomic E-state index is 11.8. The van der Waals surface area contributed by atoms with Gasteiger partial charge in [0.2, 0.25) is 5.91 Å². The van der Waals surface area contributed by atoms with E-state index in [1.54, 1.807) is 24.3 Å². The summed E-state index contributed by atoms with van der Waals surface area (Å²) in [6.07, 6.45) is 0. The van der Waals surface area contributed by atoms with Crippen molar-refractivity contribution >= 4 is 11.8 Å². The lowest BCUT2D eigenvalue weighted by atomic mass is 10.1. The van der Waals surface area contributed by atoms with E-state index in [2.05, 4.69) is 5.32 Å². The Hall–Kier alpha value is -2.82. The van der Waals surface area contributed by atoms with Crippen LogP contribution in [-0.4, -0.2) is 18.4 Å². The molecule has 0 saturated carbocycles. The predicted molar refractivity (Wildman–Crippen MR) is 88.2 cm³/mol. The molecule has 0 spiro atoms. The van der Waals surface area contributed by atoms with E-state index >= 15 is 0 Å². The topological polar surface area (TPSA) is 81.4 Å². The molecule has 2 aromatic rings. The van der Waals surface area contributed by atoms with Crippen molar-refractivity contribution in [3.8, 4) is 5.75 Å². The quantitative estimate of drug-likeness (QED) is 0.857. The van der Waals surface area contributed by atoms with E-state index in [4.69, 9.17) is 10.5 Å². The summed E-state index contributed by atoms with van der Waals surface area (Å²) in [5.41, 5.74) is 8.66. The third-order valence-electron chi connectivity index (χ3n) is 3.42. The van der Waals surface area contributed by atoms with E-state index in [0.29, 0.717) is 17.9 Å². The molecule has 5 nitrogen and oxygen atoms in total. The van der Waals surface area contributed by atoms with Crippen LogP contribution in [0.25, 0.3) is 0 Å². The van der Waals surface area contributed by atoms with Crippen LogP contribution in [0.4, 0.5) is 0 Å². The van der Waals surface area contributed by atoms with Crippen molar-refractivity contribution in [2.75, 3.05) is 6.61 Å². The van der Waals surface area contributed by atoms with E-state index in [0.717, 1.165) is 16.7 Å². The maximum absolute atomic E-state index is 11.8. The van der Waals surface area contributed by atoms with Crippen LogP contribution in [0.1, 0.15) is 27.0 Å². The minimum Gasteiger partial charge on any atom is -0.484 e. The average Bonchev–Trinajstić information content (AvgIpc) is 2.52. The van der Waals surface area contributed by atoms with E-state index < -0.39 is 5.91 Å². The normalized spacial score (nSPS) is 10.2. The van der Waals surface area contributed by atoms with Crippen LogP contribution in [0, 0.1) is 13.8 Å². The summed E-state index contributed by atoms with van der Waals surface area (Å²) < 4.78 is 5.52. The zero-order chi connectivity index (χ0) is 16.8. The third-order valence-corrected chi connectivity index (χ3v) is 3.42. The van der Waals surface area contributed by atoms with Crippen molar-refractivity contribution < 1.29 is 14.3 Å². The van der Waals surface area contributed by atoms with E-state index in [9.17, 15) is 9.59 Å². The van der Waals surface area contributed by atoms with Gasteiger partial charge in [-0.25, -0.2) is 0 Å². The van der Waals surface area contributed by atoms with Crippen molar-refractivity contribution in [2.45, 2.75) is 20.4 Å². The van der Waals surface area contributed by atoms with E-state index in [-0.39, 0.29) is 12.5 Å². The molecule has 0 heterocycles. The fourth-order valence-electron chi connectivity index (χ4n) is 2.14. The highest BCUT2D eigenvalue weighted by Gasteiger charge is 2.06. The van der Waals surface area contributed by atoms with E-state index in [1.807, 2.05) is 32.0 Å². The average molecular weight is 312 g/mol. The first-order valence-corrected chi connectivity index (χ1v) is 7.31. The molecule has 0 unspecified atom stereocenters. The highest BCUT2D eigenvalue weighted by molar-refractivity contribution is 5.92. The number of primary amides is 1. The van der Waals surface area contributed by atoms with Crippen LogP contribution in [0.3, 0.4) is 0 Å². The molecule has 0 aromatic heterocycles. The zero-order valence-corrected chi connectivity index (χ0v) is 13.3. The highest BCUT2D eigenvalue weighted by Crippen LogP contribution is 2.18. The standard InChI is InChI=1S/C18H20N2O3/c1-12-3-8-16(13(2)9-12)23-11-17(21)20-10-14-4-6-15(7-5-14)18(19)22/h3-9H,10-11H2,1-2H3,(H2,19,22)(H,20,21). The number of nitrogens with one attached hydrogen (secondary N) is 1. The summed E-state index contributed by atoms with van der Waals surface area (Å²) in [6.45, 7) is 4.28. The van der Waals surface area contributed by atoms with Crippen LogP contribution in [0.15, 0.2) is 42.5 Å². The first-order chi connectivity index (χ1) is 11.0. The number of hydrogen-bond acceptors (Lipinski definition) is 3. The van der Waals surface area contributed by atoms with Crippen molar-refractivity contribution in [2.24, 2.45) is 5.73 Å². The zero-order valence-electron chi connectivity index (χ0n) is 13.3. The molecule has 23 heavy (non-hydrogen) atoms. The van der Waals surface area contributed by atoms with Gasteiger partial charge in [-0.1, -0.05) is 29.8 Å². The van der Waals surface area contributed by atoms with Gasteiger partial charge in [0.15, 0.2) is 6.61 Å². The molecule has 0 bridgehead atoms. The molecule has 2 rings (SSSR count). The lowest BCUT2D eigenvalue weighted by Gasteiger charge is -2.10. The number of amides is 2. The van der Waals surface area contributed by atoms with Crippen LogP contribution in [0.5, 0.6) is 5.75 Å². The second kappa shape index (κ2) is 7.45. The highest BCUT2D eigenvalue weighted by atomic mass is 16.5. The summed E-state index contributed by atoms with van der Waals surface area (Å²) in [4.78, 5) is 22.8. The van der Waals surface area contributed by atoms with Gasteiger partial charge in [0.1, 0.15) is 5.75 Å². The monoisotopic (exact) mass is 312 g/mol. The maximum Gasteiger partial charge on any atom is 0.258 e. The fraction of sp³-hybridized carbons (Fsp3) is 0.222. The molecule has 0 atom stereocenters. The van der Waals surface area contributed by atoms with Crippen molar-refractivity contribution in [1.29, 1.82) is 0 Å². The number of carbonyl (C=O) groups is 2. The minimum absolute atomic E-state index is 0.0384. The molecule has 0 radical (unpaired) electrons. The molecule has 3 N–H and O–H groups in total. The minimum atomic E-state index is -0.470.